The average Bonchev–Trinajstić information content (AvgIpc) is 3.35. The van der Waals surface area contributed by atoms with Crippen LogP contribution in [0.5, 0.6) is 23.0 Å². The summed E-state index contributed by atoms with van der Waals surface area (Å²) < 4.78 is 21.8. The van der Waals surface area contributed by atoms with E-state index in [1.165, 1.54) is 6.07 Å². The van der Waals surface area contributed by atoms with Crippen LogP contribution in [0.15, 0.2) is 42.2 Å². The van der Waals surface area contributed by atoms with Crippen LogP contribution in [-0.4, -0.2) is 42.2 Å². The van der Waals surface area contributed by atoms with Crippen molar-refractivity contribution in [3.63, 3.8) is 0 Å². The molecule has 0 spiro atoms. The Kier molecular flexibility index (Phi) is 6.21. The van der Waals surface area contributed by atoms with Crippen molar-refractivity contribution >= 4 is 23.7 Å². The summed E-state index contributed by atoms with van der Waals surface area (Å²) in [5.41, 5.74) is 1.10. The molecule has 33 heavy (non-hydrogen) atoms. The molecule has 172 valence electrons. The quantitative estimate of drug-likeness (QED) is 0.585. The number of hydrogen-bond donors (Lipinski definition) is 2. The molecule has 9 nitrogen and oxygen atoms in total. The van der Waals surface area contributed by atoms with Crippen molar-refractivity contribution in [1.29, 1.82) is 0 Å². The van der Waals surface area contributed by atoms with E-state index >= 15 is 0 Å². The fraction of sp³-hybridized carbons (Fsp3) is 0.292. The number of carbonyl (C=O) groups excluding carboxylic acids is 2. The summed E-state index contributed by atoms with van der Waals surface area (Å²) in [7, 11) is 0. The molecule has 1 atom stereocenters. The molecule has 0 bridgehead atoms. The zero-order chi connectivity index (χ0) is 23.5. The molecule has 2 aliphatic rings. The van der Waals surface area contributed by atoms with E-state index in [2.05, 4.69) is 5.32 Å². The van der Waals surface area contributed by atoms with Crippen molar-refractivity contribution in [3.8, 4) is 23.0 Å². The minimum absolute atomic E-state index is 0.110. The van der Waals surface area contributed by atoms with Crippen LogP contribution in [0.25, 0.3) is 6.08 Å². The van der Waals surface area contributed by atoms with E-state index in [0.717, 1.165) is 5.56 Å². The van der Waals surface area contributed by atoms with Crippen molar-refractivity contribution in [1.82, 2.24) is 5.32 Å². The van der Waals surface area contributed by atoms with Gasteiger partial charge in [-0.15, -0.1) is 0 Å². The number of fused-ring (bicyclic) bond motifs is 2. The smallest absolute Gasteiger partial charge is 0.326 e. The second-order valence-corrected chi connectivity index (χ2v) is 8.09. The highest BCUT2D eigenvalue weighted by Gasteiger charge is 2.28. The molecule has 2 aliphatic heterocycles. The summed E-state index contributed by atoms with van der Waals surface area (Å²) in [6.07, 6.45) is 1.92. The Morgan fingerprint density at radius 3 is 2.67 bits per heavy atom. The van der Waals surface area contributed by atoms with E-state index in [-0.39, 0.29) is 30.9 Å². The number of Topliss-reactive ketones (excluding diaryl/α,β-unsaturated/α-hetero) is 1. The summed E-state index contributed by atoms with van der Waals surface area (Å²) >= 11 is 0. The predicted octanol–water partition coefficient (Wildman–Crippen LogP) is 3.03. The number of carboxylic acids is 1. The van der Waals surface area contributed by atoms with Crippen LogP contribution >= 0.6 is 0 Å². The molecule has 0 saturated carbocycles. The molecular formula is C24H23NO8. The third-order valence-electron chi connectivity index (χ3n) is 5.05. The lowest BCUT2D eigenvalue weighted by atomic mass is 10.0. The Labute approximate surface area is 189 Å². The van der Waals surface area contributed by atoms with Gasteiger partial charge in [0.25, 0.3) is 5.91 Å². The van der Waals surface area contributed by atoms with Crippen molar-refractivity contribution < 1.29 is 38.4 Å². The van der Waals surface area contributed by atoms with Crippen molar-refractivity contribution in [2.45, 2.75) is 26.3 Å². The second-order valence-electron chi connectivity index (χ2n) is 8.09. The van der Waals surface area contributed by atoms with Gasteiger partial charge in [-0.1, -0.05) is 19.9 Å². The molecule has 0 unspecified atom stereocenters. The number of amides is 1. The topological polar surface area (TPSA) is 120 Å². The maximum atomic E-state index is 12.7. The first-order valence-corrected chi connectivity index (χ1v) is 10.4. The molecule has 0 fully saturated rings. The monoisotopic (exact) mass is 453 g/mol. The molecule has 2 heterocycles. The van der Waals surface area contributed by atoms with Gasteiger partial charge in [0, 0.05) is 6.07 Å². The average molecular weight is 453 g/mol. The third-order valence-corrected chi connectivity index (χ3v) is 5.05. The summed E-state index contributed by atoms with van der Waals surface area (Å²) in [6, 6.07) is 8.95. The fourth-order valence-corrected chi connectivity index (χ4v) is 3.49. The second kappa shape index (κ2) is 9.23. The molecule has 0 aromatic heterocycles. The summed E-state index contributed by atoms with van der Waals surface area (Å²) in [4.78, 5) is 36.1. The highest BCUT2D eigenvalue weighted by molar-refractivity contribution is 6.14. The van der Waals surface area contributed by atoms with Crippen molar-refractivity contribution in [3.05, 3.63) is 53.3 Å². The third kappa shape index (κ3) is 5.08. The first-order chi connectivity index (χ1) is 15.8. The normalized spacial score (nSPS) is 15.8. The lowest BCUT2D eigenvalue weighted by Gasteiger charge is -2.16. The van der Waals surface area contributed by atoms with Crippen LogP contribution in [0.1, 0.15) is 36.2 Å². The Morgan fingerprint density at radius 1 is 1.12 bits per heavy atom. The molecule has 0 saturated heterocycles. The van der Waals surface area contributed by atoms with Gasteiger partial charge in [-0.25, -0.2) is 4.79 Å². The number of ether oxygens (including phenoxy) is 4. The maximum absolute atomic E-state index is 12.7. The van der Waals surface area contributed by atoms with Crippen LogP contribution in [0.2, 0.25) is 0 Å². The van der Waals surface area contributed by atoms with Gasteiger partial charge in [-0.05, 0) is 48.2 Å². The molecule has 0 radical (unpaired) electrons. The van der Waals surface area contributed by atoms with Gasteiger partial charge in [0.05, 0.1) is 5.56 Å². The van der Waals surface area contributed by atoms with Gasteiger partial charge in [0.1, 0.15) is 17.5 Å². The highest BCUT2D eigenvalue weighted by Crippen LogP contribution is 2.37. The SMILES string of the molecule is CC(C)C[C@@H](NC(=O)COc1ccc2c(c1)O/C(=C\c1ccc3c(c1)OCO3)C2=O)C(=O)O. The number of nitrogens with one attached hydrogen (secondary N) is 1. The number of hydrogen-bond acceptors (Lipinski definition) is 7. The number of ketones is 1. The van der Waals surface area contributed by atoms with E-state index in [9.17, 15) is 19.5 Å². The summed E-state index contributed by atoms with van der Waals surface area (Å²) in [6.45, 7) is 3.54. The Morgan fingerprint density at radius 2 is 1.91 bits per heavy atom. The van der Waals surface area contributed by atoms with Gasteiger partial charge in [0.2, 0.25) is 12.6 Å². The van der Waals surface area contributed by atoms with Crippen LogP contribution in [0.4, 0.5) is 0 Å². The predicted molar refractivity (Wildman–Crippen MR) is 116 cm³/mol. The minimum Gasteiger partial charge on any atom is -0.484 e. The number of benzene rings is 2. The Bertz CT molecular complexity index is 1140. The molecular weight excluding hydrogens is 430 g/mol. The zero-order valence-electron chi connectivity index (χ0n) is 18.1. The van der Waals surface area contributed by atoms with Crippen LogP contribution in [0, 0.1) is 5.92 Å². The van der Waals surface area contributed by atoms with Crippen LogP contribution in [-0.2, 0) is 9.59 Å². The van der Waals surface area contributed by atoms with Crippen molar-refractivity contribution in [2.75, 3.05) is 13.4 Å². The van der Waals surface area contributed by atoms with Gasteiger partial charge in [0.15, 0.2) is 23.9 Å². The first kappa shape index (κ1) is 22.2. The standard InChI is InChI=1S/C24H23NO8/c1-13(2)7-17(24(28)29)25-22(26)11-30-15-4-5-16-19(10-15)33-21(23(16)27)9-14-3-6-18-20(8-14)32-12-31-18/h3-6,8-10,13,17H,7,11-12H2,1-2H3,(H,25,26)(H,28,29)/b21-9-/t17-/m1/s1. The minimum atomic E-state index is -1.09. The summed E-state index contributed by atoms with van der Waals surface area (Å²) in [5, 5.41) is 11.7. The molecule has 9 heteroatoms. The number of rotatable bonds is 8. The summed E-state index contributed by atoms with van der Waals surface area (Å²) in [5.74, 6) is 0.209. The Balaban J connectivity index is 1.39. The molecule has 2 aromatic carbocycles. The van der Waals surface area contributed by atoms with E-state index in [1.807, 2.05) is 13.8 Å². The molecule has 1 amide bonds. The van der Waals surface area contributed by atoms with Gasteiger partial charge >= 0.3 is 5.97 Å². The lowest BCUT2D eigenvalue weighted by Crippen LogP contribution is -2.43. The molecule has 2 aromatic rings. The van der Waals surface area contributed by atoms with Gasteiger partial charge < -0.3 is 29.4 Å². The van der Waals surface area contributed by atoms with Crippen LogP contribution < -0.4 is 24.3 Å². The van der Waals surface area contributed by atoms with Gasteiger partial charge in [-0.3, -0.25) is 9.59 Å². The highest BCUT2D eigenvalue weighted by atomic mass is 16.7. The maximum Gasteiger partial charge on any atom is 0.326 e. The van der Waals surface area contributed by atoms with E-state index in [1.54, 1.807) is 36.4 Å². The largest absolute Gasteiger partial charge is 0.484 e. The fourth-order valence-electron chi connectivity index (χ4n) is 3.49. The van der Waals surface area contributed by atoms with Gasteiger partial charge in [-0.2, -0.15) is 0 Å². The van der Waals surface area contributed by atoms with Crippen molar-refractivity contribution in [2.24, 2.45) is 5.92 Å². The number of allylic oxidation sites excluding steroid dienone is 1. The Hall–Kier alpha value is -4.01. The van der Waals surface area contributed by atoms with Crippen LogP contribution in [0.3, 0.4) is 0 Å². The van der Waals surface area contributed by atoms with E-state index in [4.69, 9.17) is 18.9 Å². The van der Waals surface area contributed by atoms with E-state index in [0.29, 0.717) is 35.0 Å². The molecule has 2 N–H and O–H groups in total. The lowest BCUT2D eigenvalue weighted by molar-refractivity contribution is -0.142. The molecule has 0 aliphatic carbocycles. The number of carbonyl (C=O) groups is 3. The zero-order valence-corrected chi connectivity index (χ0v) is 18.1. The number of aliphatic carboxylic acids is 1. The molecule has 4 rings (SSSR count). The first-order valence-electron chi connectivity index (χ1n) is 10.4. The number of carboxylic acid groups (broad SMARTS) is 1. The van der Waals surface area contributed by atoms with E-state index < -0.39 is 17.9 Å².